The van der Waals surface area contributed by atoms with E-state index in [4.69, 9.17) is 10.5 Å². The Morgan fingerprint density at radius 2 is 2.44 bits per heavy atom. The van der Waals surface area contributed by atoms with E-state index in [2.05, 4.69) is 16.9 Å². The van der Waals surface area contributed by atoms with E-state index < -0.39 is 0 Å². The fourth-order valence-electron chi connectivity index (χ4n) is 2.06. The van der Waals surface area contributed by atoms with Gasteiger partial charge in [-0.1, -0.05) is 6.07 Å². The number of aromatic nitrogens is 1. The molecule has 0 aromatic carbocycles. The molecule has 1 saturated heterocycles. The maximum atomic E-state index is 5.95. The highest BCUT2D eigenvalue weighted by Crippen LogP contribution is 2.25. The standard InChI is InChI=1S/C12H19N3O/c1-9(13)11-4-3-6-14-12(11)15(2)10-5-7-16-8-10/h3-4,6,9-10H,5,7-8,13H2,1-2H3. The summed E-state index contributed by atoms with van der Waals surface area (Å²) in [6.07, 6.45) is 2.87. The van der Waals surface area contributed by atoms with E-state index in [1.54, 1.807) is 0 Å². The normalized spacial score (nSPS) is 22.1. The third-order valence-electron chi connectivity index (χ3n) is 3.09. The highest BCUT2D eigenvalue weighted by Gasteiger charge is 2.23. The van der Waals surface area contributed by atoms with E-state index in [0.29, 0.717) is 6.04 Å². The quantitative estimate of drug-likeness (QED) is 0.836. The van der Waals surface area contributed by atoms with Gasteiger partial charge in [0, 0.05) is 31.5 Å². The fraction of sp³-hybridized carbons (Fsp3) is 0.583. The number of likely N-dealkylation sites (N-methyl/N-ethyl adjacent to an activating group) is 1. The first-order valence-electron chi connectivity index (χ1n) is 5.71. The number of hydrogen-bond acceptors (Lipinski definition) is 4. The van der Waals surface area contributed by atoms with Crippen LogP contribution in [0.1, 0.15) is 24.9 Å². The number of nitrogens with two attached hydrogens (primary N) is 1. The Morgan fingerprint density at radius 3 is 3.06 bits per heavy atom. The van der Waals surface area contributed by atoms with E-state index in [0.717, 1.165) is 31.0 Å². The molecule has 0 aliphatic carbocycles. The summed E-state index contributed by atoms with van der Waals surface area (Å²) in [5, 5.41) is 0. The van der Waals surface area contributed by atoms with Crippen LogP contribution in [0.2, 0.25) is 0 Å². The molecule has 0 radical (unpaired) electrons. The maximum Gasteiger partial charge on any atom is 0.133 e. The first-order valence-corrected chi connectivity index (χ1v) is 5.71. The maximum absolute atomic E-state index is 5.95. The summed E-state index contributed by atoms with van der Waals surface area (Å²) in [6, 6.07) is 4.40. The second kappa shape index (κ2) is 4.80. The van der Waals surface area contributed by atoms with Gasteiger partial charge in [0.2, 0.25) is 0 Å². The molecule has 4 nitrogen and oxygen atoms in total. The van der Waals surface area contributed by atoms with Crippen molar-refractivity contribution in [3.8, 4) is 0 Å². The van der Waals surface area contributed by atoms with Gasteiger partial charge in [-0.2, -0.15) is 0 Å². The zero-order valence-electron chi connectivity index (χ0n) is 9.89. The van der Waals surface area contributed by atoms with Crippen molar-refractivity contribution in [2.24, 2.45) is 5.73 Å². The molecule has 0 spiro atoms. The van der Waals surface area contributed by atoms with E-state index in [-0.39, 0.29) is 6.04 Å². The summed E-state index contributed by atoms with van der Waals surface area (Å²) in [7, 11) is 2.06. The minimum atomic E-state index is 0.00784. The molecule has 2 N–H and O–H groups in total. The monoisotopic (exact) mass is 221 g/mol. The Labute approximate surface area is 96.4 Å². The molecule has 1 aliphatic rings. The molecule has 16 heavy (non-hydrogen) atoms. The Hall–Kier alpha value is -1.13. The van der Waals surface area contributed by atoms with Crippen LogP contribution in [0.4, 0.5) is 5.82 Å². The van der Waals surface area contributed by atoms with Gasteiger partial charge >= 0.3 is 0 Å². The van der Waals surface area contributed by atoms with Gasteiger partial charge in [0.1, 0.15) is 5.82 Å². The van der Waals surface area contributed by atoms with Gasteiger partial charge in [-0.15, -0.1) is 0 Å². The number of anilines is 1. The van der Waals surface area contributed by atoms with Crippen LogP contribution < -0.4 is 10.6 Å². The molecule has 1 aliphatic heterocycles. The predicted molar refractivity (Wildman–Crippen MR) is 64.5 cm³/mol. The third kappa shape index (κ3) is 2.18. The Morgan fingerprint density at radius 1 is 1.62 bits per heavy atom. The molecule has 0 saturated carbocycles. The number of rotatable bonds is 3. The average molecular weight is 221 g/mol. The molecular formula is C12H19N3O. The molecule has 2 heterocycles. The Bertz CT molecular complexity index is 348. The summed E-state index contributed by atoms with van der Waals surface area (Å²) in [4.78, 5) is 6.62. The predicted octanol–water partition coefficient (Wildman–Crippen LogP) is 1.33. The molecule has 0 amide bonds. The molecule has 2 unspecified atom stereocenters. The summed E-state index contributed by atoms with van der Waals surface area (Å²) >= 11 is 0. The molecule has 1 fully saturated rings. The van der Waals surface area contributed by atoms with Crippen molar-refractivity contribution in [2.75, 3.05) is 25.2 Å². The van der Waals surface area contributed by atoms with Gasteiger partial charge in [0.05, 0.1) is 12.6 Å². The summed E-state index contributed by atoms with van der Waals surface area (Å²) < 4.78 is 5.40. The lowest BCUT2D eigenvalue weighted by molar-refractivity contribution is 0.193. The van der Waals surface area contributed by atoms with Crippen molar-refractivity contribution < 1.29 is 4.74 Å². The Kier molecular flexibility index (Phi) is 3.41. The highest BCUT2D eigenvalue weighted by atomic mass is 16.5. The van der Waals surface area contributed by atoms with Crippen LogP contribution in [0.5, 0.6) is 0 Å². The average Bonchev–Trinajstić information content (AvgIpc) is 2.81. The van der Waals surface area contributed by atoms with Gasteiger partial charge in [0.15, 0.2) is 0 Å². The van der Waals surface area contributed by atoms with Crippen LogP contribution in [0, 0.1) is 0 Å². The van der Waals surface area contributed by atoms with Gasteiger partial charge in [-0.05, 0) is 19.4 Å². The van der Waals surface area contributed by atoms with E-state index in [9.17, 15) is 0 Å². The molecule has 0 bridgehead atoms. The van der Waals surface area contributed by atoms with E-state index in [1.165, 1.54) is 0 Å². The van der Waals surface area contributed by atoms with Crippen molar-refractivity contribution in [1.82, 2.24) is 4.98 Å². The minimum Gasteiger partial charge on any atom is -0.379 e. The fourth-order valence-corrected chi connectivity index (χ4v) is 2.06. The number of ether oxygens (including phenoxy) is 1. The number of nitrogens with zero attached hydrogens (tertiary/aromatic N) is 2. The van der Waals surface area contributed by atoms with Crippen molar-refractivity contribution >= 4 is 5.82 Å². The summed E-state index contributed by atoms with van der Waals surface area (Å²) in [5.74, 6) is 0.980. The van der Waals surface area contributed by atoms with Gasteiger partial charge < -0.3 is 15.4 Å². The molecule has 2 rings (SSSR count). The molecule has 1 aromatic heterocycles. The molecular weight excluding hydrogens is 202 g/mol. The lowest BCUT2D eigenvalue weighted by Crippen LogP contribution is -2.33. The second-order valence-electron chi connectivity index (χ2n) is 4.33. The first-order chi connectivity index (χ1) is 7.70. The van der Waals surface area contributed by atoms with Crippen molar-refractivity contribution in [3.63, 3.8) is 0 Å². The van der Waals surface area contributed by atoms with Crippen molar-refractivity contribution in [2.45, 2.75) is 25.4 Å². The highest BCUT2D eigenvalue weighted by molar-refractivity contribution is 5.48. The van der Waals surface area contributed by atoms with Gasteiger partial charge in [-0.25, -0.2) is 4.98 Å². The lowest BCUT2D eigenvalue weighted by Gasteiger charge is -2.27. The summed E-state index contributed by atoms with van der Waals surface area (Å²) in [6.45, 7) is 3.61. The largest absolute Gasteiger partial charge is 0.379 e. The van der Waals surface area contributed by atoms with Crippen LogP contribution in [0.25, 0.3) is 0 Å². The van der Waals surface area contributed by atoms with Crippen LogP contribution >= 0.6 is 0 Å². The number of hydrogen-bond donors (Lipinski definition) is 1. The molecule has 88 valence electrons. The summed E-state index contributed by atoms with van der Waals surface area (Å²) in [5.41, 5.74) is 7.05. The van der Waals surface area contributed by atoms with Gasteiger partial charge in [-0.3, -0.25) is 0 Å². The lowest BCUT2D eigenvalue weighted by atomic mass is 10.1. The second-order valence-corrected chi connectivity index (χ2v) is 4.33. The van der Waals surface area contributed by atoms with Crippen LogP contribution in [-0.2, 0) is 4.74 Å². The molecule has 4 heteroatoms. The van der Waals surface area contributed by atoms with Gasteiger partial charge in [0.25, 0.3) is 0 Å². The van der Waals surface area contributed by atoms with E-state index in [1.807, 2.05) is 25.3 Å². The number of pyridine rings is 1. The van der Waals surface area contributed by atoms with E-state index >= 15 is 0 Å². The zero-order valence-corrected chi connectivity index (χ0v) is 9.89. The Balaban J connectivity index is 2.24. The van der Waals surface area contributed by atoms with Crippen LogP contribution in [0.3, 0.4) is 0 Å². The van der Waals surface area contributed by atoms with Crippen molar-refractivity contribution in [1.29, 1.82) is 0 Å². The zero-order chi connectivity index (χ0) is 11.5. The van der Waals surface area contributed by atoms with Crippen molar-refractivity contribution in [3.05, 3.63) is 23.9 Å². The SMILES string of the molecule is CC(N)c1cccnc1N(C)C1CCOC1. The smallest absolute Gasteiger partial charge is 0.133 e. The molecule has 2 atom stereocenters. The topological polar surface area (TPSA) is 51.4 Å². The third-order valence-corrected chi connectivity index (χ3v) is 3.09. The first kappa shape index (κ1) is 11.4. The molecule has 1 aromatic rings. The minimum absolute atomic E-state index is 0.00784. The van der Waals surface area contributed by atoms with Crippen LogP contribution in [0.15, 0.2) is 18.3 Å². The van der Waals surface area contributed by atoms with Crippen LogP contribution in [-0.4, -0.2) is 31.3 Å².